The second kappa shape index (κ2) is 8.19. The van der Waals surface area contributed by atoms with E-state index in [4.69, 9.17) is 17.0 Å². The molecule has 1 aromatic heterocycles. The van der Waals surface area contributed by atoms with E-state index < -0.39 is 10.0 Å². The lowest BCUT2D eigenvalue weighted by Crippen LogP contribution is -2.40. The van der Waals surface area contributed by atoms with Gasteiger partial charge in [0, 0.05) is 18.7 Å². The maximum absolute atomic E-state index is 13.0. The Hall–Kier alpha value is -2.33. The number of benzene rings is 2. The van der Waals surface area contributed by atoms with Gasteiger partial charge in [0.1, 0.15) is 0 Å². The summed E-state index contributed by atoms with van der Waals surface area (Å²) in [6, 6.07) is 16.8. The summed E-state index contributed by atoms with van der Waals surface area (Å²) in [7, 11) is -3.59. The Morgan fingerprint density at radius 3 is 2.55 bits per heavy atom. The van der Waals surface area contributed by atoms with Gasteiger partial charge in [-0.05, 0) is 36.8 Å². The predicted octanol–water partition coefficient (Wildman–Crippen LogP) is 3.24. The van der Waals surface area contributed by atoms with Crippen LogP contribution in [0.25, 0.3) is 11.4 Å². The molecule has 1 aliphatic heterocycles. The smallest absolute Gasteiger partial charge is 0.243 e. The summed E-state index contributed by atoms with van der Waals surface area (Å²) in [5, 5.41) is 7.23. The molecule has 2 heterocycles. The first kappa shape index (κ1) is 20.0. The Bertz CT molecular complexity index is 1150. The molecule has 0 spiro atoms. The molecule has 4 rings (SSSR count). The molecule has 1 unspecified atom stereocenters. The van der Waals surface area contributed by atoms with Crippen LogP contribution in [-0.4, -0.2) is 53.8 Å². The largest absolute Gasteiger partial charge is 0.379 e. The average molecular weight is 431 g/mol. The van der Waals surface area contributed by atoms with Gasteiger partial charge in [0.15, 0.2) is 10.6 Å². The molecule has 9 heteroatoms. The first-order valence-electron chi connectivity index (χ1n) is 9.38. The first-order valence-corrected chi connectivity index (χ1v) is 11.2. The third-order valence-corrected chi connectivity index (χ3v) is 7.26. The van der Waals surface area contributed by atoms with Crippen LogP contribution in [0.15, 0.2) is 59.5 Å². The molecule has 1 saturated heterocycles. The van der Waals surface area contributed by atoms with E-state index in [2.05, 4.69) is 10.2 Å². The molecular weight excluding hydrogens is 408 g/mol. The quantitative estimate of drug-likeness (QED) is 0.629. The topological polar surface area (TPSA) is 80.2 Å². The van der Waals surface area contributed by atoms with E-state index in [1.807, 2.05) is 47.9 Å². The number of ether oxygens (including phenoxy) is 1. The molecule has 7 nitrogen and oxygen atoms in total. The number of sulfonamides is 1. The minimum atomic E-state index is -3.59. The molecule has 0 radical (unpaired) electrons. The molecule has 3 aromatic rings. The molecule has 1 N–H and O–H groups in total. The highest BCUT2D eigenvalue weighted by atomic mass is 32.2. The van der Waals surface area contributed by atoms with Crippen molar-refractivity contribution >= 4 is 22.2 Å². The van der Waals surface area contributed by atoms with Crippen molar-refractivity contribution in [1.29, 1.82) is 0 Å². The van der Waals surface area contributed by atoms with Gasteiger partial charge in [-0.1, -0.05) is 42.5 Å². The van der Waals surface area contributed by atoms with Crippen LogP contribution in [0.2, 0.25) is 0 Å². The summed E-state index contributed by atoms with van der Waals surface area (Å²) in [4.78, 5) is 0.240. The van der Waals surface area contributed by atoms with Crippen molar-refractivity contribution in [2.75, 3.05) is 26.3 Å². The Morgan fingerprint density at radius 2 is 1.83 bits per heavy atom. The summed E-state index contributed by atoms with van der Waals surface area (Å²) in [6.07, 6.45) is 0. The van der Waals surface area contributed by atoms with Crippen LogP contribution in [0.1, 0.15) is 18.5 Å². The Kier molecular flexibility index (Phi) is 5.64. The van der Waals surface area contributed by atoms with Crippen LogP contribution in [-0.2, 0) is 14.8 Å². The van der Waals surface area contributed by atoms with Gasteiger partial charge in [-0.25, -0.2) is 8.42 Å². The van der Waals surface area contributed by atoms with E-state index in [1.165, 1.54) is 4.31 Å². The van der Waals surface area contributed by atoms with E-state index in [9.17, 15) is 8.42 Å². The average Bonchev–Trinajstić information content (AvgIpc) is 3.16. The summed E-state index contributed by atoms with van der Waals surface area (Å²) in [5.74, 6) is 0.602. The Labute approximate surface area is 175 Å². The van der Waals surface area contributed by atoms with Crippen LogP contribution >= 0.6 is 12.2 Å². The van der Waals surface area contributed by atoms with Gasteiger partial charge in [-0.3, -0.25) is 9.67 Å². The van der Waals surface area contributed by atoms with Crippen LogP contribution in [0.4, 0.5) is 0 Å². The number of hydrogen-bond donors (Lipinski definition) is 1. The SMILES string of the molecule is CC(c1ccccc1)n1c(-c2cccc(S(=O)(=O)N3CCOCC3)c2)n[nH]c1=S. The Balaban J connectivity index is 1.74. The first-order chi connectivity index (χ1) is 14.0. The number of nitrogens with one attached hydrogen (secondary N) is 1. The normalized spacial score (nSPS) is 16.6. The molecule has 1 fully saturated rings. The van der Waals surface area contributed by atoms with Gasteiger partial charge < -0.3 is 4.74 Å². The molecular formula is C20H22N4O3S2. The van der Waals surface area contributed by atoms with Crippen molar-refractivity contribution in [3.05, 3.63) is 64.9 Å². The number of aromatic nitrogens is 3. The third-order valence-electron chi connectivity index (χ3n) is 5.07. The molecule has 1 atom stereocenters. The van der Waals surface area contributed by atoms with E-state index in [1.54, 1.807) is 18.2 Å². The zero-order valence-electron chi connectivity index (χ0n) is 16.0. The fraction of sp³-hybridized carbons (Fsp3) is 0.300. The number of H-pyrrole nitrogens is 1. The number of nitrogens with zero attached hydrogens (tertiary/aromatic N) is 3. The van der Waals surface area contributed by atoms with Gasteiger partial charge in [-0.15, -0.1) is 0 Å². The summed E-state index contributed by atoms with van der Waals surface area (Å²) >= 11 is 5.46. The minimum absolute atomic E-state index is 0.0584. The summed E-state index contributed by atoms with van der Waals surface area (Å²) in [6.45, 7) is 3.57. The van der Waals surface area contributed by atoms with E-state index >= 15 is 0 Å². The van der Waals surface area contributed by atoms with Crippen molar-refractivity contribution in [3.63, 3.8) is 0 Å². The predicted molar refractivity (Wildman–Crippen MR) is 113 cm³/mol. The van der Waals surface area contributed by atoms with Gasteiger partial charge in [0.2, 0.25) is 10.0 Å². The lowest BCUT2D eigenvalue weighted by Gasteiger charge is -2.26. The van der Waals surface area contributed by atoms with E-state index in [-0.39, 0.29) is 10.9 Å². The van der Waals surface area contributed by atoms with E-state index in [0.29, 0.717) is 42.5 Å². The fourth-order valence-corrected chi connectivity index (χ4v) is 5.22. The van der Waals surface area contributed by atoms with Crippen molar-refractivity contribution in [2.24, 2.45) is 0 Å². The van der Waals surface area contributed by atoms with Crippen LogP contribution in [0.3, 0.4) is 0 Å². The lowest BCUT2D eigenvalue weighted by atomic mass is 10.1. The van der Waals surface area contributed by atoms with Gasteiger partial charge >= 0.3 is 0 Å². The summed E-state index contributed by atoms with van der Waals surface area (Å²) < 4.78 is 35.2. The minimum Gasteiger partial charge on any atom is -0.379 e. The molecule has 0 bridgehead atoms. The molecule has 0 aliphatic carbocycles. The maximum atomic E-state index is 13.0. The molecule has 0 saturated carbocycles. The fourth-order valence-electron chi connectivity index (χ4n) is 3.48. The van der Waals surface area contributed by atoms with Crippen LogP contribution in [0, 0.1) is 4.77 Å². The molecule has 29 heavy (non-hydrogen) atoms. The lowest BCUT2D eigenvalue weighted by molar-refractivity contribution is 0.0730. The van der Waals surface area contributed by atoms with Crippen molar-refractivity contribution < 1.29 is 13.2 Å². The second-order valence-corrected chi connectivity index (χ2v) is 9.18. The van der Waals surface area contributed by atoms with Crippen LogP contribution in [0.5, 0.6) is 0 Å². The van der Waals surface area contributed by atoms with Crippen molar-refractivity contribution in [1.82, 2.24) is 19.1 Å². The van der Waals surface area contributed by atoms with Gasteiger partial charge in [0.25, 0.3) is 0 Å². The number of morpholine rings is 1. The zero-order valence-corrected chi connectivity index (χ0v) is 17.6. The highest BCUT2D eigenvalue weighted by Crippen LogP contribution is 2.28. The molecule has 1 aliphatic rings. The standard InChI is InChI=1S/C20H22N4O3S2/c1-15(16-6-3-2-4-7-16)24-19(21-22-20(24)28)17-8-5-9-18(14-17)29(25,26)23-10-12-27-13-11-23/h2-9,14-15H,10-13H2,1H3,(H,22,28). The molecule has 0 amide bonds. The maximum Gasteiger partial charge on any atom is 0.243 e. The van der Waals surface area contributed by atoms with Gasteiger partial charge in [-0.2, -0.15) is 9.40 Å². The summed E-state index contributed by atoms with van der Waals surface area (Å²) in [5.41, 5.74) is 1.78. The van der Waals surface area contributed by atoms with Crippen molar-refractivity contribution in [2.45, 2.75) is 17.9 Å². The molecule has 2 aromatic carbocycles. The third kappa shape index (κ3) is 3.91. The number of rotatable bonds is 5. The van der Waals surface area contributed by atoms with Crippen LogP contribution < -0.4 is 0 Å². The monoisotopic (exact) mass is 430 g/mol. The highest BCUT2D eigenvalue weighted by molar-refractivity contribution is 7.89. The van der Waals surface area contributed by atoms with Crippen molar-refractivity contribution in [3.8, 4) is 11.4 Å². The highest BCUT2D eigenvalue weighted by Gasteiger charge is 2.27. The second-order valence-electron chi connectivity index (χ2n) is 6.85. The van der Waals surface area contributed by atoms with E-state index in [0.717, 1.165) is 5.56 Å². The number of aromatic amines is 1. The van der Waals surface area contributed by atoms with Gasteiger partial charge in [0.05, 0.1) is 24.2 Å². The molecule has 152 valence electrons. The Morgan fingerprint density at radius 1 is 1.10 bits per heavy atom. The zero-order chi connectivity index (χ0) is 20.4. The number of hydrogen-bond acceptors (Lipinski definition) is 5.